The first-order valence-corrected chi connectivity index (χ1v) is 12.1. The lowest BCUT2D eigenvalue weighted by molar-refractivity contribution is 0.0661. The van der Waals surface area contributed by atoms with Gasteiger partial charge < -0.3 is 24.1 Å². The molecule has 3 aliphatic rings. The number of hydrogen-bond donors (Lipinski definition) is 1. The lowest BCUT2D eigenvalue weighted by Crippen LogP contribution is -2.40. The maximum atomic E-state index is 13.4. The number of pyridine rings is 1. The molecule has 37 heavy (non-hydrogen) atoms. The summed E-state index contributed by atoms with van der Waals surface area (Å²) in [7, 11) is 0. The van der Waals surface area contributed by atoms with Gasteiger partial charge in [-0.05, 0) is 59.9 Å². The van der Waals surface area contributed by atoms with E-state index in [0.29, 0.717) is 55.4 Å². The molecule has 0 saturated heterocycles. The normalized spacial score (nSPS) is 17.1. The zero-order valence-corrected chi connectivity index (χ0v) is 19.9. The summed E-state index contributed by atoms with van der Waals surface area (Å²) in [5, 5.41) is 2.89. The maximum Gasteiger partial charge on any atom is 0.292 e. The van der Waals surface area contributed by atoms with Crippen molar-refractivity contribution >= 4 is 11.8 Å². The SMILES string of the molecule is O=C1NCCCOc2cccc(c2)C2c3ccc(cc3CCN2C(=O)c2cnco2)Oc2cncc1c2. The van der Waals surface area contributed by atoms with Gasteiger partial charge in [0.05, 0.1) is 30.6 Å². The average Bonchev–Trinajstić information content (AvgIpc) is 3.47. The fraction of sp³-hybridized carbons (Fsp3) is 0.214. The molecule has 4 aromatic rings. The van der Waals surface area contributed by atoms with E-state index in [-0.39, 0.29) is 23.6 Å². The molecule has 0 saturated carbocycles. The lowest BCUT2D eigenvalue weighted by atomic mass is 9.87. The molecule has 9 nitrogen and oxygen atoms in total. The van der Waals surface area contributed by atoms with E-state index in [4.69, 9.17) is 13.9 Å². The van der Waals surface area contributed by atoms with E-state index < -0.39 is 0 Å². The van der Waals surface area contributed by atoms with Crippen LogP contribution in [-0.2, 0) is 6.42 Å². The molecule has 1 N–H and O–H groups in total. The Morgan fingerprint density at radius 1 is 1.00 bits per heavy atom. The first kappa shape index (κ1) is 22.8. The van der Waals surface area contributed by atoms with Gasteiger partial charge in [-0.2, -0.15) is 0 Å². The van der Waals surface area contributed by atoms with Crippen LogP contribution in [0.5, 0.6) is 17.2 Å². The number of ether oxygens (including phenoxy) is 2. The quantitative estimate of drug-likeness (QED) is 0.422. The summed E-state index contributed by atoms with van der Waals surface area (Å²) in [6, 6.07) is 14.9. The van der Waals surface area contributed by atoms with Crippen LogP contribution in [0.1, 0.15) is 50.1 Å². The smallest absolute Gasteiger partial charge is 0.292 e. The standard InChI is InChI=1S/C28H24N4O5/c33-27-20-13-23(15-29-14-20)37-22-5-6-24-18(11-22)7-9-32(28(34)25-16-30-17-36-25)26(24)19-3-1-4-21(12-19)35-10-2-8-31-27/h1,3-6,11-17,26H,2,7-10H2,(H,31,33). The van der Waals surface area contributed by atoms with Crippen LogP contribution in [0.25, 0.3) is 0 Å². The molecule has 3 aliphatic heterocycles. The van der Waals surface area contributed by atoms with E-state index in [1.807, 2.05) is 47.4 Å². The van der Waals surface area contributed by atoms with Gasteiger partial charge in [0, 0.05) is 19.3 Å². The second-order valence-corrected chi connectivity index (χ2v) is 8.92. The van der Waals surface area contributed by atoms with Crippen molar-refractivity contribution in [3.63, 3.8) is 0 Å². The third kappa shape index (κ3) is 4.63. The molecule has 2 aromatic carbocycles. The zero-order chi connectivity index (χ0) is 25.2. The van der Waals surface area contributed by atoms with E-state index in [1.54, 1.807) is 12.3 Å². The minimum atomic E-state index is -0.345. The molecule has 1 unspecified atom stereocenters. The number of fused-ring (bicyclic) bond motifs is 6. The number of aromatic nitrogens is 2. The van der Waals surface area contributed by atoms with Crippen LogP contribution < -0.4 is 14.8 Å². The van der Waals surface area contributed by atoms with Gasteiger partial charge in [0.15, 0.2) is 6.39 Å². The van der Waals surface area contributed by atoms with Crippen LogP contribution in [0.2, 0.25) is 0 Å². The first-order chi connectivity index (χ1) is 18.2. The van der Waals surface area contributed by atoms with E-state index in [1.165, 1.54) is 18.8 Å². The molecule has 186 valence electrons. The molecule has 0 radical (unpaired) electrons. The third-order valence-corrected chi connectivity index (χ3v) is 6.51. The minimum absolute atomic E-state index is 0.199. The van der Waals surface area contributed by atoms with Crippen molar-refractivity contribution in [1.29, 1.82) is 0 Å². The number of amides is 2. The number of nitrogens with one attached hydrogen (secondary N) is 1. The monoisotopic (exact) mass is 496 g/mol. The summed E-state index contributed by atoms with van der Waals surface area (Å²) in [4.78, 5) is 35.9. The predicted molar refractivity (Wildman–Crippen MR) is 133 cm³/mol. The van der Waals surface area contributed by atoms with Crippen molar-refractivity contribution in [3.05, 3.63) is 102 Å². The van der Waals surface area contributed by atoms with Crippen LogP contribution in [0.3, 0.4) is 0 Å². The van der Waals surface area contributed by atoms with Gasteiger partial charge >= 0.3 is 0 Å². The Kier molecular flexibility index (Phi) is 6.02. The van der Waals surface area contributed by atoms with Gasteiger partial charge in [0.2, 0.25) is 5.76 Å². The van der Waals surface area contributed by atoms with Gasteiger partial charge in [-0.15, -0.1) is 0 Å². The number of nitrogens with zero attached hydrogens (tertiary/aromatic N) is 3. The summed E-state index contributed by atoms with van der Waals surface area (Å²) >= 11 is 0. The largest absolute Gasteiger partial charge is 0.494 e. The Morgan fingerprint density at radius 2 is 1.95 bits per heavy atom. The molecule has 2 aromatic heterocycles. The Morgan fingerprint density at radius 3 is 2.84 bits per heavy atom. The second kappa shape index (κ2) is 9.77. The van der Waals surface area contributed by atoms with E-state index >= 15 is 0 Å². The Labute approximate surface area is 213 Å². The van der Waals surface area contributed by atoms with Gasteiger partial charge in [-0.3, -0.25) is 14.6 Å². The highest BCUT2D eigenvalue weighted by Gasteiger charge is 2.34. The molecule has 7 rings (SSSR count). The van der Waals surface area contributed by atoms with Crippen LogP contribution in [0, 0.1) is 0 Å². The van der Waals surface area contributed by atoms with E-state index in [2.05, 4.69) is 15.3 Å². The summed E-state index contributed by atoms with van der Waals surface area (Å²) < 4.78 is 17.4. The molecule has 1 atom stereocenters. The molecule has 5 heterocycles. The lowest BCUT2D eigenvalue weighted by Gasteiger charge is -2.37. The minimum Gasteiger partial charge on any atom is -0.494 e. The van der Waals surface area contributed by atoms with E-state index in [9.17, 15) is 9.59 Å². The first-order valence-electron chi connectivity index (χ1n) is 12.1. The highest BCUT2D eigenvalue weighted by Crippen LogP contribution is 2.39. The van der Waals surface area contributed by atoms with Crippen molar-refractivity contribution in [2.75, 3.05) is 19.7 Å². The molecule has 8 bridgehead atoms. The number of rotatable bonds is 1. The summed E-state index contributed by atoms with van der Waals surface area (Å²) in [6.07, 6.45) is 7.06. The topological polar surface area (TPSA) is 107 Å². The number of carbonyl (C=O) groups is 2. The van der Waals surface area contributed by atoms with Crippen LogP contribution >= 0.6 is 0 Å². The Balaban J connectivity index is 1.43. The highest BCUT2D eigenvalue weighted by atomic mass is 16.5. The van der Waals surface area contributed by atoms with Gasteiger partial charge in [-0.25, -0.2) is 4.98 Å². The Bertz CT molecular complexity index is 1450. The fourth-order valence-corrected chi connectivity index (χ4v) is 4.78. The Hall–Kier alpha value is -4.66. The molecule has 0 fully saturated rings. The second-order valence-electron chi connectivity index (χ2n) is 8.92. The number of benzene rings is 2. The number of oxazole rings is 1. The van der Waals surface area contributed by atoms with Crippen molar-refractivity contribution in [2.45, 2.75) is 18.9 Å². The molecular weight excluding hydrogens is 472 g/mol. The summed E-state index contributed by atoms with van der Waals surface area (Å²) in [5.74, 6) is 1.56. The third-order valence-electron chi connectivity index (χ3n) is 6.51. The van der Waals surface area contributed by atoms with Gasteiger partial charge in [-0.1, -0.05) is 18.2 Å². The van der Waals surface area contributed by atoms with Crippen LogP contribution in [-0.4, -0.2) is 46.4 Å². The fourth-order valence-electron chi connectivity index (χ4n) is 4.78. The zero-order valence-electron chi connectivity index (χ0n) is 19.9. The molecule has 2 amide bonds. The maximum absolute atomic E-state index is 13.4. The average molecular weight is 497 g/mol. The summed E-state index contributed by atoms with van der Waals surface area (Å²) in [6.45, 7) is 1.37. The van der Waals surface area contributed by atoms with Gasteiger partial charge in [0.1, 0.15) is 17.2 Å². The van der Waals surface area contributed by atoms with E-state index in [0.717, 1.165) is 16.7 Å². The summed E-state index contributed by atoms with van der Waals surface area (Å²) in [5.41, 5.74) is 3.41. The van der Waals surface area contributed by atoms with Gasteiger partial charge in [0.25, 0.3) is 11.8 Å². The van der Waals surface area contributed by atoms with Crippen molar-refractivity contribution < 1.29 is 23.5 Å². The van der Waals surface area contributed by atoms with Crippen LogP contribution in [0.4, 0.5) is 0 Å². The van der Waals surface area contributed by atoms with Crippen molar-refractivity contribution in [1.82, 2.24) is 20.2 Å². The van der Waals surface area contributed by atoms with Crippen molar-refractivity contribution in [3.8, 4) is 17.2 Å². The van der Waals surface area contributed by atoms with Crippen LogP contribution in [0.15, 0.2) is 77.9 Å². The molecule has 0 spiro atoms. The predicted octanol–water partition coefficient (Wildman–Crippen LogP) is 4.16. The number of hydrogen-bond acceptors (Lipinski definition) is 7. The molecular formula is C28H24N4O5. The number of carbonyl (C=O) groups excluding carboxylic acids is 2. The highest BCUT2D eigenvalue weighted by molar-refractivity contribution is 5.94. The molecule has 0 aliphatic carbocycles. The van der Waals surface area contributed by atoms with Crippen molar-refractivity contribution in [2.24, 2.45) is 0 Å². The molecule has 9 heteroatoms.